The molecule has 1 aliphatic rings. The molecule has 1 aromatic carbocycles. The van der Waals surface area contributed by atoms with E-state index in [4.69, 9.17) is 0 Å². The molecule has 0 spiro atoms. The predicted octanol–water partition coefficient (Wildman–Crippen LogP) is 1.33. The number of hydrogen-bond donors (Lipinski definition) is 0. The monoisotopic (exact) mass is 228 g/mol. The van der Waals surface area contributed by atoms with Crippen molar-refractivity contribution in [2.75, 3.05) is 0 Å². The molecular formula is C10H9FO3S. The molecule has 1 fully saturated rings. The summed E-state index contributed by atoms with van der Waals surface area (Å²) in [5.74, 6) is -0.800. The van der Waals surface area contributed by atoms with E-state index in [-0.39, 0.29) is 17.7 Å². The highest BCUT2D eigenvalue weighted by Crippen LogP contribution is 2.45. The van der Waals surface area contributed by atoms with E-state index in [1.54, 1.807) is 0 Å². The van der Waals surface area contributed by atoms with E-state index in [0.29, 0.717) is 6.29 Å². The number of aldehydes is 1. The third-order valence-corrected chi connectivity index (χ3v) is 5.10. The van der Waals surface area contributed by atoms with Crippen molar-refractivity contribution in [2.24, 2.45) is 0 Å². The van der Waals surface area contributed by atoms with Crippen molar-refractivity contribution in [1.82, 2.24) is 0 Å². The molecule has 0 heterocycles. The van der Waals surface area contributed by atoms with Gasteiger partial charge in [-0.2, -0.15) is 0 Å². The smallest absolute Gasteiger partial charge is 0.193 e. The summed E-state index contributed by atoms with van der Waals surface area (Å²) in [6.45, 7) is 0. The van der Waals surface area contributed by atoms with E-state index < -0.39 is 20.4 Å². The number of rotatable bonds is 3. The average Bonchev–Trinajstić information content (AvgIpc) is 2.98. The topological polar surface area (TPSA) is 51.2 Å². The van der Waals surface area contributed by atoms with Gasteiger partial charge in [-0.25, -0.2) is 12.8 Å². The molecule has 0 unspecified atom stereocenters. The van der Waals surface area contributed by atoms with E-state index >= 15 is 0 Å². The van der Waals surface area contributed by atoms with Crippen LogP contribution in [0.2, 0.25) is 0 Å². The maximum absolute atomic E-state index is 13.3. The van der Waals surface area contributed by atoms with E-state index in [9.17, 15) is 17.6 Å². The van der Waals surface area contributed by atoms with E-state index in [1.165, 1.54) is 18.2 Å². The zero-order chi connectivity index (χ0) is 11.1. The first-order chi connectivity index (χ1) is 7.03. The second-order valence-electron chi connectivity index (χ2n) is 3.62. The summed E-state index contributed by atoms with van der Waals surface area (Å²) < 4.78 is 35.7. The summed E-state index contributed by atoms with van der Waals surface area (Å²) in [5.41, 5.74) is 0. The van der Waals surface area contributed by atoms with Crippen molar-refractivity contribution < 1.29 is 17.6 Å². The van der Waals surface area contributed by atoms with Crippen LogP contribution in [-0.4, -0.2) is 19.5 Å². The largest absolute Gasteiger partial charge is 0.302 e. The Morgan fingerprint density at radius 3 is 2.33 bits per heavy atom. The minimum Gasteiger partial charge on any atom is -0.302 e. The molecule has 0 N–H and O–H groups in total. The van der Waals surface area contributed by atoms with Crippen LogP contribution in [0.5, 0.6) is 0 Å². The Morgan fingerprint density at radius 1 is 1.27 bits per heavy atom. The fourth-order valence-corrected chi connectivity index (χ4v) is 3.24. The van der Waals surface area contributed by atoms with Gasteiger partial charge >= 0.3 is 0 Å². The Balaban J connectivity index is 2.57. The van der Waals surface area contributed by atoms with Crippen LogP contribution >= 0.6 is 0 Å². The minimum atomic E-state index is -3.85. The van der Waals surface area contributed by atoms with Gasteiger partial charge in [0.1, 0.15) is 21.7 Å². The van der Waals surface area contributed by atoms with Crippen LogP contribution in [0.25, 0.3) is 0 Å². The van der Waals surface area contributed by atoms with Crippen molar-refractivity contribution in [3.8, 4) is 0 Å². The molecule has 15 heavy (non-hydrogen) atoms. The zero-order valence-corrected chi connectivity index (χ0v) is 8.63. The number of hydrogen-bond acceptors (Lipinski definition) is 3. The van der Waals surface area contributed by atoms with Crippen LogP contribution in [0.1, 0.15) is 12.8 Å². The number of sulfone groups is 1. The van der Waals surface area contributed by atoms with E-state index in [2.05, 4.69) is 0 Å². The van der Waals surface area contributed by atoms with Crippen molar-refractivity contribution >= 4 is 16.1 Å². The second-order valence-corrected chi connectivity index (χ2v) is 5.88. The number of halogens is 1. The second kappa shape index (κ2) is 3.13. The standard InChI is InChI=1S/C10H9FO3S/c11-8-3-1-2-4-9(8)15(13,14)10(7-12)5-6-10/h1-4,7H,5-6H2. The van der Waals surface area contributed by atoms with Gasteiger partial charge in [-0.15, -0.1) is 0 Å². The molecule has 1 saturated carbocycles. The average molecular weight is 228 g/mol. The molecule has 0 amide bonds. The summed E-state index contributed by atoms with van der Waals surface area (Å²) in [4.78, 5) is 10.3. The maximum Gasteiger partial charge on any atom is 0.193 e. The fraction of sp³-hybridized carbons (Fsp3) is 0.300. The summed E-state index contributed by atoms with van der Waals surface area (Å²) >= 11 is 0. The van der Waals surface area contributed by atoms with Crippen LogP contribution in [0.3, 0.4) is 0 Å². The quantitative estimate of drug-likeness (QED) is 0.733. The summed E-state index contributed by atoms with van der Waals surface area (Å²) in [6.07, 6.45) is 0.981. The third kappa shape index (κ3) is 1.38. The van der Waals surface area contributed by atoms with Gasteiger partial charge in [-0.3, -0.25) is 0 Å². The van der Waals surface area contributed by atoms with Crippen LogP contribution in [-0.2, 0) is 14.6 Å². The first-order valence-corrected chi connectivity index (χ1v) is 5.97. The maximum atomic E-state index is 13.3. The van der Waals surface area contributed by atoms with E-state index in [0.717, 1.165) is 6.07 Å². The molecule has 0 aromatic heterocycles. The third-order valence-electron chi connectivity index (χ3n) is 2.62. The molecule has 0 aliphatic heterocycles. The zero-order valence-electron chi connectivity index (χ0n) is 7.81. The van der Waals surface area contributed by atoms with Crippen molar-refractivity contribution in [1.29, 1.82) is 0 Å². The summed E-state index contributed by atoms with van der Waals surface area (Å²) in [7, 11) is -3.85. The van der Waals surface area contributed by atoms with Crippen molar-refractivity contribution in [3.63, 3.8) is 0 Å². The van der Waals surface area contributed by atoms with Gasteiger partial charge in [-0.1, -0.05) is 12.1 Å². The highest BCUT2D eigenvalue weighted by molar-refractivity contribution is 7.93. The van der Waals surface area contributed by atoms with Crippen LogP contribution in [0, 0.1) is 5.82 Å². The minimum absolute atomic E-state index is 0.285. The highest BCUT2D eigenvalue weighted by Gasteiger charge is 2.55. The van der Waals surface area contributed by atoms with Gasteiger partial charge in [0.05, 0.1) is 0 Å². The van der Waals surface area contributed by atoms with Crippen molar-refractivity contribution in [2.45, 2.75) is 22.5 Å². The Morgan fingerprint density at radius 2 is 1.87 bits per heavy atom. The molecule has 2 rings (SSSR count). The molecule has 80 valence electrons. The van der Waals surface area contributed by atoms with Gasteiger partial charge in [-0.05, 0) is 25.0 Å². The number of benzene rings is 1. The SMILES string of the molecule is O=CC1(S(=O)(=O)c2ccccc2F)CC1. The Labute approximate surface area is 86.8 Å². The summed E-state index contributed by atoms with van der Waals surface area (Å²) in [6, 6.07) is 5.12. The normalized spacial score (nSPS) is 18.5. The molecule has 0 saturated heterocycles. The summed E-state index contributed by atoms with van der Waals surface area (Å²) in [5, 5.41) is 0. The Bertz CT molecular complexity index is 503. The van der Waals surface area contributed by atoms with E-state index in [1.807, 2.05) is 0 Å². The van der Waals surface area contributed by atoms with Crippen LogP contribution < -0.4 is 0 Å². The van der Waals surface area contributed by atoms with Gasteiger partial charge in [0.15, 0.2) is 9.84 Å². The molecule has 5 heteroatoms. The molecule has 1 aromatic rings. The lowest BCUT2D eigenvalue weighted by molar-refractivity contribution is -0.108. The lowest BCUT2D eigenvalue weighted by Crippen LogP contribution is -2.25. The van der Waals surface area contributed by atoms with Gasteiger partial charge in [0.25, 0.3) is 0 Å². The lowest BCUT2D eigenvalue weighted by Gasteiger charge is -2.09. The lowest BCUT2D eigenvalue weighted by atomic mass is 10.3. The highest BCUT2D eigenvalue weighted by atomic mass is 32.2. The Hall–Kier alpha value is -1.23. The van der Waals surface area contributed by atoms with Gasteiger partial charge < -0.3 is 4.79 Å². The Kier molecular flexibility index (Phi) is 2.15. The van der Waals surface area contributed by atoms with Crippen LogP contribution in [0.4, 0.5) is 4.39 Å². The van der Waals surface area contributed by atoms with Crippen molar-refractivity contribution in [3.05, 3.63) is 30.1 Å². The first kappa shape index (κ1) is 10.3. The van der Waals surface area contributed by atoms with Gasteiger partial charge in [0.2, 0.25) is 0 Å². The molecule has 3 nitrogen and oxygen atoms in total. The fourth-order valence-electron chi connectivity index (χ4n) is 1.45. The molecule has 0 atom stereocenters. The number of carbonyl (C=O) groups excluding carboxylic acids is 1. The first-order valence-electron chi connectivity index (χ1n) is 4.49. The van der Waals surface area contributed by atoms with Gasteiger partial charge in [0, 0.05) is 0 Å². The molecule has 0 radical (unpaired) electrons. The van der Waals surface area contributed by atoms with Crippen LogP contribution in [0.15, 0.2) is 29.2 Å². The molecule has 0 bridgehead atoms. The number of carbonyl (C=O) groups is 1. The molecular weight excluding hydrogens is 219 g/mol. The molecule has 1 aliphatic carbocycles. The predicted molar refractivity (Wildman–Crippen MR) is 51.6 cm³/mol.